The third kappa shape index (κ3) is 4.93. The van der Waals surface area contributed by atoms with Gasteiger partial charge in [-0.2, -0.15) is 0 Å². The van der Waals surface area contributed by atoms with Gasteiger partial charge in [0.2, 0.25) is 0 Å². The zero-order chi connectivity index (χ0) is 14.4. The van der Waals surface area contributed by atoms with Crippen LogP contribution in [0.2, 0.25) is 0 Å². The van der Waals surface area contributed by atoms with Gasteiger partial charge in [-0.25, -0.2) is 4.98 Å². The topological polar surface area (TPSA) is 24.9 Å². The van der Waals surface area contributed by atoms with Crippen LogP contribution in [-0.4, -0.2) is 16.8 Å². The fraction of sp³-hybridized carbons (Fsp3) is 0.438. The minimum Gasteiger partial charge on any atom is -0.310 e. The van der Waals surface area contributed by atoms with Crippen LogP contribution >= 0.6 is 23.1 Å². The highest BCUT2D eigenvalue weighted by atomic mass is 32.2. The number of thiazole rings is 1. The Morgan fingerprint density at radius 3 is 2.60 bits per heavy atom. The molecule has 0 amide bonds. The quantitative estimate of drug-likeness (QED) is 0.773. The molecule has 0 bridgehead atoms. The molecular formula is C16H22N2S2. The molecule has 0 aliphatic heterocycles. The normalized spacial score (nSPS) is 11.2. The second kappa shape index (κ2) is 7.81. The minimum absolute atomic E-state index is 0.534. The summed E-state index contributed by atoms with van der Waals surface area (Å²) >= 11 is 3.68. The van der Waals surface area contributed by atoms with Gasteiger partial charge in [-0.05, 0) is 31.0 Å². The molecule has 1 N–H and O–H groups in total. The fourth-order valence-corrected chi connectivity index (χ4v) is 3.63. The highest BCUT2D eigenvalue weighted by molar-refractivity contribution is 7.99. The van der Waals surface area contributed by atoms with Crippen molar-refractivity contribution in [3.8, 4) is 0 Å². The average molecular weight is 307 g/mol. The minimum atomic E-state index is 0.534. The standard InChI is InChI=1S/C16H22N2S2/c1-12(2)17-10-14-4-6-15(7-5-14)19-9-8-16-13(3)18-11-20-16/h4-7,11-12,17H,8-10H2,1-3H3. The Balaban J connectivity index is 1.77. The van der Waals surface area contributed by atoms with Crippen LogP contribution in [-0.2, 0) is 13.0 Å². The second-order valence-electron chi connectivity index (χ2n) is 5.14. The van der Waals surface area contributed by atoms with Crippen LogP contribution < -0.4 is 5.32 Å². The lowest BCUT2D eigenvalue weighted by Crippen LogP contribution is -2.21. The molecule has 0 radical (unpaired) electrons. The molecule has 0 aliphatic rings. The van der Waals surface area contributed by atoms with Crippen molar-refractivity contribution in [1.82, 2.24) is 10.3 Å². The van der Waals surface area contributed by atoms with Gasteiger partial charge >= 0.3 is 0 Å². The first-order valence-electron chi connectivity index (χ1n) is 6.99. The van der Waals surface area contributed by atoms with E-state index in [9.17, 15) is 0 Å². The summed E-state index contributed by atoms with van der Waals surface area (Å²) in [5.41, 5.74) is 4.47. The number of thioether (sulfide) groups is 1. The van der Waals surface area contributed by atoms with Crippen LogP contribution in [0.5, 0.6) is 0 Å². The largest absolute Gasteiger partial charge is 0.310 e. The average Bonchev–Trinajstić information content (AvgIpc) is 2.83. The summed E-state index contributed by atoms with van der Waals surface area (Å²) in [5.74, 6) is 1.12. The maximum atomic E-state index is 4.29. The number of rotatable bonds is 7. The number of nitrogens with one attached hydrogen (secondary N) is 1. The van der Waals surface area contributed by atoms with Crippen LogP contribution in [0.4, 0.5) is 0 Å². The number of hydrogen-bond donors (Lipinski definition) is 1. The summed E-state index contributed by atoms with van der Waals surface area (Å²) in [5, 5.41) is 3.44. The molecule has 0 saturated heterocycles. The SMILES string of the molecule is Cc1ncsc1CCSc1ccc(CNC(C)C)cc1. The van der Waals surface area contributed by atoms with Crippen LogP contribution in [0.3, 0.4) is 0 Å². The van der Waals surface area contributed by atoms with Gasteiger partial charge in [0, 0.05) is 28.1 Å². The van der Waals surface area contributed by atoms with Crippen molar-refractivity contribution < 1.29 is 0 Å². The summed E-state index contributed by atoms with van der Waals surface area (Å²) in [6.45, 7) is 7.38. The van der Waals surface area contributed by atoms with E-state index >= 15 is 0 Å². The molecule has 1 aromatic carbocycles. The van der Waals surface area contributed by atoms with E-state index < -0.39 is 0 Å². The Morgan fingerprint density at radius 2 is 2.00 bits per heavy atom. The van der Waals surface area contributed by atoms with E-state index in [2.05, 4.69) is 55.3 Å². The van der Waals surface area contributed by atoms with Gasteiger partial charge in [0.15, 0.2) is 0 Å². The Morgan fingerprint density at radius 1 is 1.25 bits per heavy atom. The molecule has 0 fully saturated rings. The van der Waals surface area contributed by atoms with E-state index in [4.69, 9.17) is 0 Å². The number of aryl methyl sites for hydroxylation is 2. The third-order valence-corrected chi connectivity index (χ3v) is 5.09. The number of benzene rings is 1. The van der Waals surface area contributed by atoms with Gasteiger partial charge < -0.3 is 5.32 Å². The predicted octanol–water partition coefficient (Wildman–Crippen LogP) is 4.28. The first-order chi connectivity index (χ1) is 9.65. The van der Waals surface area contributed by atoms with Gasteiger partial charge in [0.1, 0.15) is 0 Å². The molecule has 2 aromatic rings. The molecule has 108 valence electrons. The Kier molecular flexibility index (Phi) is 6.07. The molecule has 4 heteroatoms. The maximum Gasteiger partial charge on any atom is 0.0797 e. The number of nitrogens with zero attached hydrogens (tertiary/aromatic N) is 1. The van der Waals surface area contributed by atoms with Crippen molar-refractivity contribution in [2.75, 3.05) is 5.75 Å². The van der Waals surface area contributed by atoms with Gasteiger partial charge in [-0.3, -0.25) is 0 Å². The fourth-order valence-electron chi connectivity index (χ4n) is 1.85. The number of hydrogen-bond acceptors (Lipinski definition) is 4. The van der Waals surface area contributed by atoms with Crippen LogP contribution in [0.25, 0.3) is 0 Å². The van der Waals surface area contributed by atoms with Crippen LogP contribution in [0.15, 0.2) is 34.7 Å². The molecule has 0 unspecified atom stereocenters. The maximum absolute atomic E-state index is 4.29. The van der Waals surface area contributed by atoms with E-state index in [1.165, 1.54) is 21.0 Å². The van der Waals surface area contributed by atoms with Gasteiger partial charge in [0.05, 0.1) is 11.2 Å². The summed E-state index contributed by atoms with van der Waals surface area (Å²) in [6.07, 6.45) is 1.11. The van der Waals surface area contributed by atoms with E-state index in [1.807, 2.05) is 17.3 Å². The molecule has 2 rings (SSSR count). The zero-order valence-electron chi connectivity index (χ0n) is 12.3. The van der Waals surface area contributed by atoms with Crippen molar-refractivity contribution in [3.63, 3.8) is 0 Å². The monoisotopic (exact) mass is 306 g/mol. The zero-order valence-corrected chi connectivity index (χ0v) is 14.0. The molecule has 2 nitrogen and oxygen atoms in total. The lowest BCUT2D eigenvalue weighted by molar-refractivity contribution is 0.588. The van der Waals surface area contributed by atoms with E-state index in [1.54, 1.807) is 11.3 Å². The van der Waals surface area contributed by atoms with Gasteiger partial charge in [0.25, 0.3) is 0 Å². The first kappa shape index (κ1) is 15.5. The van der Waals surface area contributed by atoms with Crippen molar-refractivity contribution >= 4 is 23.1 Å². The van der Waals surface area contributed by atoms with Gasteiger partial charge in [-0.15, -0.1) is 23.1 Å². The molecular weight excluding hydrogens is 284 g/mol. The third-order valence-electron chi connectivity index (χ3n) is 3.08. The van der Waals surface area contributed by atoms with Crippen molar-refractivity contribution in [2.24, 2.45) is 0 Å². The van der Waals surface area contributed by atoms with E-state index in [0.717, 1.165) is 18.7 Å². The molecule has 0 saturated carbocycles. The van der Waals surface area contributed by atoms with Gasteiger partial charge in [-0.1, -0.05) is 26.0 Å². The van der Waals surface area contributed by atoms with E-state index in [0.29, 0.717) is 6.04 Å². The summed E-state index contributed by atoms with van der Waals surface area (Å²) in [7, 11) is 0. The van der Waals surface area contributed by atoms with Crippen molar-refractivity contribution in [1.29, 1.82) is 0 Å². The Hall–Kier alpha value is -0.840. The summed E-state index contributed by atoms with van der Waals surface area (Å²) in [4.78, 5) is 7.05. The molecule has 20 heavy (non-hydrogen) atoms. The smallest absolute Gasteiger partial charge is 0.0797 e. The number of aromatic nitrogens is 1. The molecule has 0 aliphatic carbocycles. The summed E-state index contributed by atoms with van der Waals surface area (Å²) < 4.78 is 0. The molecule has 1 heterocycles. The predicted molar refractivity (Wildman–Crippen MR) is 89.7 cm³/mol. The Bertz CT molecular complexity index is 518. The highest BCUT2D eigenvalue weighted by Gasteiger charge is 2.02. The van der Waals surface area contributed by atoms with Crippen LogP contribution in [0.1, 0.15) is 30.0 Å². The Labute approximate surface area is 130 Å². The van der Waals surface area contributed by atoms with E-state index in [-0.39, 0.29) is 0 Å². The second-order valence-corrected chi connectivity index (χ2v) is 7.25. The van der Waals surface area contributed by atoms with Crippen molar-refractivity contribution in [3.05, 3.63) is 45.9 Å². The lowest BCUT2D eigenvalue weighted by atomic mass is 10.2. The van der Waals surface area contributed by atoms with Crippen molar-refractivity contribution in [2.45, 2.75) is 44.7 Å². The first-order valence-corrected chi connectivity index (χ1v) is 8.86. The molecule has 0 spiro atoms. The molecule has 0 atom stereocenters. The molecule has 1 aromatic heterocycles. The summed E-state index contributed by atoms with van der Waals surface area (Å²) in [6, 6.07) is 9.42. The van der Waals surface area contributed by atoms with Crippen LogP contribution in [0, 0.1) is 6.92 Å². The highest BCUT2D eigenvalue weighted by Crippen LogP contribution is 2.22. The lowest BCUT2D eigenvalue weighted by Gasteiger charge is -2.08.